The van der Waals surface area contributed by atoms with Crippen LogP contribution in [-0.2, 0) is 6.42 Å². The minimum absolute atomic E-state index is 0.616. The number of hydrogen-bond donors (Lipinski definition) is 0. The van der Waals surface area contributed by atoms with Crippen LogP contribution in [0.5, 0.6) is 0 Å². The number of para-hydroxylation sites is 4. The first kappa shape index (κ1) is 19.7. The Labute approximate surface area is 201 Å². The SMILES string of the molecule is C(=C\c1nc2ccccc2o1)/c1ccc2c(c1)Cc1cc(/C=C/c3nc4ccccc4o3)ccc1-2. The molecule has 0 saturated heterocycles. The van der Waals surface area contributed by atoms with Crippen LogP contribution in [0.3, 0.4) is 0 Å². The molecule has 4 heteroatoms. The van der Waals surface area contributed by atoms with Crippen LogP contribution in [0.1, 0.15) is 34.0 Å². The molecular weight excluding hydrogens is 432 g/mol. The van der Waals surface area contributed by atoms with E-state index in [4.69, 9.17) is 8.83 Å². The fraction of sp³-hybridized carbons (Fsp3) is 0.0323. The van der Waals surface area contributed by atoms with Crippen molar-refractivity contribution in [1.29, 1.82) is 0 Å². The summed E-state index contributed by atoms with van der Waals surface area (Å²) in [5.41, 5.74) is 10.9. The standard InChI is InChI=1S/C31H20N2O2/c1-3-7-28-26(5-1)32-30(34-28)15-11-20-9-13-24-22(17-20)19-23-18-21(10-14-25(23)24)12-16-31-33-27-6-2-4-8-29(27)35-31/h1-18H,19H2/b15-11+,16-12+. The lowest BCUT2D eigenvalue weighted by Gasteiger charge is -2.03. The summed E-state index contributed by atoms with van der Waals surface area (Å²) >= 11 is 0. The maximum absolute atomic E-state index is 5.80. The van der Waals surface area contributed by atoms with Crippen molar-refractivity contribution in [3.05, 3.63) is 119 Å². The van der Waals surface area contributed by atoms with Crippen molar-refractivity contribution in [1.82, 2.24) is 9.97 Å². The van der Waals surface area contributed by atoms with Crippen LogP contribution in [0.4, 0.5) is 0 Å². The van der Waals surface area contributed by atoms with Gasteiger partial charge in [-0.3, -0.25) is 0 Å². The minimum atomic E-state index is 0.616. The fourth-order valence-electron chi connectivity index (χ4n) is 4.72. The lowest BCUT2D eigenvalue weighted by atomic mass is 10.0. The molecule has 0 radical (unpaired) electrons. The van der Waals surface area contributed by atoms with Gasteiger partial charge in [-0.1, -0.05) is 60.7 Å². The molecule has 4 nitrogen and oxygen atoms in total. The first-order valence-electron chi connectivity index (χ1n) is 11.6. The van der Waals surface area contributed by atoms with Crippen LogP contribution in [0.15, 0.2) is 93.8 Å². The first-order valence-corrected chi connectivity index (χ1v) is 11.6. The van der Waals surface area contributed by atoms with E-state index in [-0.39, 0.29) is 0 Å². The summed E-state index contributed by atoms with van der Waals surface area (Å²) in [5.74, 6) is 1.23. The highest BCUT2D eigenvalue weighted by Crippen LogP contribution is 2.38. The second kappa shape index (κ2) is 7.96. The van der Waals surface area contributed by atoms with Gasteiger partial charge in [0.05, 0.1) is 0 Å². The molecule has 6 aromatic rings. The summed E-state index contributed by atoms with van der Waals surface area (Å²) in [6.45, 7) is 0. The lowest BCUT2D eigenvalue weighted by Crippen LogP contribution is -1.82. The molecule has 0 amide bonds. The van der Waals surface area contributed by atoms with Crippen molar-refractivity contribution >= 4 is 46.5 Å². The van der Waals surface area contributed by atoms with Gasteiger partial charge in [0.2, 0.25) is 11.8 Å². The quantitative estimate of drug-likeness (QED) is 0.272. The second-order valence-corrected chi connectivity index (χ2v) is 8.72. The van der Waals surface area contributed by atoms with E-state index in [1.54, 1.807) is 0 Å². The molecule has 1 aliphatic rings. The zero-order valence-electron chi connectivity index (χ0n) is 18.8. The molecule has 0 spiro atoms. The first-order chi connectivity index (χ1) is 17.3. The summed E-state index contributed by atoms with van der Waals surface area (Å²) < 4.78 is 11.6. The second-order valence-electron chi connectivity index (χ2n) is 8.72. The van der Waals surface area contributed by atoms with E-state index in [1.807, 2.05) is 60.7 Å². The Kier molecular flexibility index (Phi) is 4.49. The fourth-order valence-corrected chi connectivity index (χ4v) is 4.72. The topological polar surface area (TPSA) is 52.1 Å². The number of fused-ring (bicyclic) bond motifs is 5. The summed E-state index contributed by atoms with van der Waals surface area (Å²) in [6, 6.07) is 28.8. The van der Waals surface area contributed by atoms with Gasteiger partial charge in [0.25, 0.3) is 0 Å². The van der Waals surface area contributed by atoms with Gasteiger partial charge < -0.3 is 8.83 Å². The summed E-state index contributed by atoms with van der Waals surface area (Å²) in [4.78, 5) is 9.05. The largest absolute Gasteiger partial charge is 0.437 e. The van der Waals surface area contributed by atoms with E-state index in [0.717, 1.165) is 39.7 Å². The minimum Gasteiger partial charge on any atom is -0.437 e. The molecule has 2 heterocycles. The van der Waals surface area contributed by atoms with Gasteiger partial charge in [-0.05, 0) is 76.2 Å². The third-order valence-corrected chi connectivity index (χ3v) is 6.39. The third-order valence-electron chi connectivity index (χ3n) is 6.39. The van der Waals surface area contributed by atoms with Crippen LogP contribution in [0.2, 0.25) is 0 Å². The van der Waals surface area contributed by atoms with Crippen LogP contribution in [0.25, 0.3) is 57.6 Å². The smallest absolute Gasteiger partial charge is 0.220 e. The number of benzene rings is 4. The van der Waals surface area contributed by atoms with Crippen LogP contribution in [0, 0.1) is 0 Å². The van der Waals surface area contributed by atoms with E-state index in [0.29, 0.717) is 11.8 Å². The molecule has 0 unspecified atom stereocenters. The molecule has 166 valence electrons. The van der Waals surface area contributed by atoms with Crippen LogP contribution < -0.4 is 0 Å². The van der Waals surface area contributed by atoms with Crippen molar-refractivity contribution in [2.75, 3.05) is 0 Å². The maximum atomic E-state index is 5.80. The molecule has 0 atom stereocenters. The number of hydrogen-bond acceptors (Lipinski definition) is 4. The van der Waals surface area contributed by atoms with Gasteiger partial charge in [-0.15, -0.1) is 0 Å². The van der Waals surface area contributed by atoms with E-state index in [1.165, 1.54) is 22.3 Å². The molecule has 4 aromatic carbocycles. The summed E-state index contributed by atoms with van der Waals surface area (Å²) in [5, 5.41) is 0. The summed E-state index contributed by atoms with van der Waals surface area (Å²) in [6.07, 6.45) is 8.89. The predicted molar refractivity (Wildman–Crippen MR) is 141 cm³/mol. The highest BCUT2D eigenvalue weighted by atomic mass is 16.4. The highest BCUT2D eigenvalue weighted by molar-refractivity contribution is 5.82. The van der Waals surface area contributed by atoms with Crippen molar-refractivity contribution in [2.45, 2.75) is 6.42 Å². The van der Waals surface area contributed by atoms with Crippen molar-refractivity contribution in [3.8, 4) is 11.1 Å². The average molecular weight is 453 g/mol. The highest BCUT2D eigenvalue weighted by Gasteiger charge is 2.18. The van der Waals surface area contributed by atoms with E-state index in [2.05, 4.69) is 58.5 Å². The maximum Gasteiger partial charge on any atom is 0.220 e. The van der Waals surface area contributed by atoms with Crippen molar-refractivity contribution in [2.24, 2.45) is 0 Å². The molecule has 0 N–H and O–H groups in total. The number of aromatic nitrogens is 2. The molecule has 7 rings (SSSR count). The van der Waals surface area contributed by atoms with E-state index in [9.17, 15) is 0 Å². The Bertz CT molecular complexity index is 1590. The predicted octanol–water partition coefficient (Wildman–Crippen LogP) is 7.88. The zero-order chi connectivity index (χ0) is 23.2. The molecule has 0 fully saturated rings. The summed E-state index contributed by atoms with van der Waals surface area (Å²) in [7, 11) is 0. The van der Waals surface area contributed by atoms with Gasteiger partial charge in [0.15, 0.2) is 11.2 Å². The normalized spacial score (nSPS) is 12.8. The van der Waals surface area contributed by atoms with Gasteiger partial charge in [-0.2, -0.15) is 0 Å². The van der Waals surface area contributed by atoms with Gasteiger partial charge in [0.1, 0.15) is 11.0 Å². The Morgan fingerprint density at radius 3 is 1.51 bits per heavy atom. The molecular formula is C31H20N2O2. The average Bonchev–Trinajstić information content (AvgIpc) is 3.59. The van der Waals surface area contributed by atoms with Gasteiger partial charge in [0, 0.05) is 12.2 Å². The zero-order valence-corrected chi connectivity index (χ0v) is 18.8. The Hall–Kier alpha value is -4.70. The van der Waals surface area contributed by atoms with E-state index < -0.39 is 0 Å². The number of oxazole rings is 2. The molecule has 35 heavy (non-hydrogen) atoms. The monoisotopic (exact) mass is 452 g/mol. The number of nitrogens with zero attached hydrogens (tertiary/aromatic N) is 2. The molecule has 0 aliphatic heterocycles. The van der Waals surface area contributed by atoms with Gasteiger partial charge >= 0.3 is 0 Å². The Morgan fingerprint density at radius 2 is 1.03 bits per heavy atom. The van der Waals surface area contributed by atoms with Crippen molar-refractivity contribution < 1.29 is 8.83 Å². The third kappa shape index (κ3) is 3.65. The molecule has 1 aliphatic carbocycles. The van der Waals surface area contributed by atoms with Crippen molar-refractivity contribution in [3.63, 3.8) is 0 Å². The molecule has 0 saturated carbocycles. The Balaban J connectivity index is 1.12. The molecule has 2 aromatic heterocycles. The number of rotatable bonds is 4. The van der Waals surface area contributed by atoms with Crippen LogP contribution in [-0.4, -0.2) is 9.97 Å². The van der Waals surface area contributed by atoms with Crippen LogP contribution >= 0.6 is 0 Å². The van der Waals surface area contributed by atoms with E-state index >= 15 is 0 Å². The van der Waals surface area contributed by atoms with Gasteiger partial charge in [-0.25, -0.2) is 9.97 Å². The Morgan fingerprint density at radius 1 is 0.543 bits per heavy atom. The molecule has 0 bridgehead atoms. The lowest BCUT2D eigenvalue weighted by molar-refractivity contribution is 0.589.